The summed E-state index contributed by atoms with van der Waals surface area (Å²) in [5.74, 6) is -0.583. The molecule has 104 valence electrons. The molecule has 0 N–H and O–H groups in total. The average Bonchev–Trinajstić information content (AvgIpc) is 2.43. The lowest BCUT2D eigenvalue weighted by atomic mass is 10.1. The number of amides is 1. The Morgan fingerprint density at radius 2 is 1.84 bits per heavy atom. The highest BCUT2D eigenvalue weighted by atomic mass is 79.9. The number of halogens is 1. The summed E-state index contributed by atoms with van der Waals surface area (Å²) in [6.07, 6.45) is 0. The summed E-state index contributed by atoms with van der Waals surface area (Å²) in [6, 6.07) is 7.25. The van der Waals surface area contributed by atoms with Crippen LogP contribution in [0.2, 0.25) is 0 Å². The molecule has 0 aliphatic carbocycles. The Morgan fingerprint density at radius 1 is 1.26 bits per heavy atom. The maximum atomic E-state index is 12.3. The van der Waals surface area contributed by atoms with Crippen LogP contribution in [0.25, 0.3) is 0 Å². The van der Waals surface area contributed by atoms with Crippen molar-refractivity contribution in [2.24, 2.45) is 0 Å². The smallest absolute Gasteiger partial charge is 0.325 e. The molecule has 1 amide bonds. The van der Waals surface area contributed by atoms with Crippen molar-refractivity contribution in [3.05, 3.63) is 35.4 Å². The second-order valence-electron chi connectivity index (χ2n) is 4.43. The van der Waals surface area contributed by atoms with Gasteiger partial charge >= 0.3 is 5.97 Å². The monoisotopic (exact) mass is 327 g/mol. The zero-order chi connectivity index (χ0) is 14.4. The Bertz CT molecular complexity index is 443. The lowest BCUT2D eigenvalue weighted by Crippen LogP contribution is -2.41. The molecule has 5 heteroatoms. The minimum atomic E-state index is -0.417. The van der Waals surface area contributed by atoms with Crippen LogP contribution in [0.1, 0.15) is 29.8 Å². The molecular formula is C14H18BrNO3. The van der Waals surface area contributed by atoms with Crippen LogP contribution in [0, 0.1) is 0 Å². The summed E-state index contributed by atoms with van der Waals surface area (Å²) in [5, 5.41) is 0.748. The molecule has 0 fully saturated rings. The minimum Gasteiger partial charge on any atom is -0.468 e. The Hall–Kier alpha value is -1.36. The molecule has 0 atom stereocenters. The second kappa shape index (κ2) is 7.28. The normalized spacial score (nSPS) is 10.4. The number of hydrogen-bond acceptors (Lipinski definition) is 3. The third kappa shape index (κ3) is 4.35. The summed E-state index contributed by atoms with van der Waals surface area (Å²) in [4.78, 5) is 25.2. The van der Waals surface area contributed by atoms with Gasteiger partial charge < -0.3 is 9.64 Å². The molecule has 4 nitrogen and oxygen atoms in total. The highest BCUT2D eigenvalue weighted by molar-refractivity contribution is 9.08. The van der Waals surface area contributed by atoms with Gasteiger partial charge in [0.25, 0.3) is 5.91 Å². The molecule has 19 heavy (non-hydrogen) atoms. The largest absolute Gasteiger partial charge is 0.468 e. The number of ether oxygens (including phenoxy) is 1. The van der Waals surface area contributed by atoms with Crippen LogP contribution in [-0.2, 0) is 14.9 Å². The van der Waals surface area contributed by atoms with Gasteiger partial charge in [-0.1, -0.05) is 28.1 Å². The maximum absolute atomic E-state index is 12.3. The molecule has 1 aromatic carbocycles. The standard InChI is InChI=1S/C14H18BrNO3/c1-10(2)16(9-13(17)19-3)14(18)12-6-4-11(8-15)5-7-12/h4-7,10H,8-9H2,1-3H3. The number of hydrogen-bond donors (Lipinski definition) is 0. The number of methoxy groups -OCH3 is 1. The fourth-order valence-electron chi connectivity index (χ4n) is 1.59. The molecule has 0 heterocycles. The maximum Gasteiger partial charge on any atom is 0.325 e. The molecule has 1 aromatic rings. The molecule has 0 radical (unpaired) electrons. The van der Waals surface area contributed by atoms with Crippen LogP contribution in [0.15, 0.2) is 24.3 Å². The molecule has 0 aliphatic rings. The van der Waals surface area contributed by atoms with Gasteiger partial charge in [-0.15, -0.1) is 0 Å². The van der Waals surface area contributed by atoms with E-state index in [1.807, 2.05) is 26.0 Å². The SMILES string of the molecule is COC(=O)CN(C(=O)c1ccc(CBr)cc1)C(C)C. The Kier molecular flexibility index (Phi) is 6.02. The van der Waals surface area contributed by atoms with Gasteiger partial charge in [0, 0.05) is 16.9 Å². The number of nitrogens with zero attached hydrogens (tertiary/aromatic N) is 1. The fourth-order valence-corrected chi connectivity index (χ4v) is 1.97. The van der Waals surface area contributed by atoms with E-state index < -0.39 is 5.97 Å². The molecule has 0 unspecified atom stereocenters. The topological polar surface area (TPSA) is 46.6 Å². The highest BCUT2D eigenvalue weighted by Crippen LogP contribution is 2.12. The van der Waals surface area contributed by atoms with E-state index in [2.05, 4.69) is 20.7 Å². The van der Waals surface area contributed by atoms with Crippen molar-refractivity contribution >= 4 is 27.8 Å². The average molecular weight is 328 g/mol. The van der Waals surface area contributed by atoms with Crippen molar-refractivity contribution in [1.29, 1.82) is 0 Å². The summed E-state index contributed by atoms with van der Waals surface area (Å²) in [6.45, 7) is 3.70. The van der Waals surface area contributed by atoms with E-state index in [9.17, 15) is 9.59 Å². The van der Waals surface area contributed by atoms with Gasteiger partial charge in [-0.3, -0.25) is 9.59 Å². The van der Waals surface area contributed by atoms with Crippen LogP contribution in [0.3, 0.4) is 0 Å². The Labute approximate surface area is 121 Å². The second-order valence-corrected chi connectivity index (χ2v) is 4.99. The zero-order valence-electron chi connectivity index (χ0n) is 11.4. The Balaban J connectivity index is 2.89. The fraction of sp³-hybridized carbons (Fsp3) is 0.429. The quantitative estimate of drug-likeness (QED) is 0.617. The number of benzene rings is 1. The first-order chi connectivity index (χ1) is 8.99. The van der Waals surface area contributed by atoms with Crippen molar-refractivity contribution in [3.63, 3.8) is 0 Å². The lowest BCUT2D eigenvalue weighted by Gasteiger charge is -2.25. The minimum absolute atomic E-state index is 0.0345. The first-order valence-electron chi connectivity index (χ1n) is 6.02. The van der Waals surface area contributed by atoms with Gasteiger partial charge in [-0.25, -0.2) is 0 Å². The predicted octanol–water partition coefficient (Wildman–Crippen LogP) is 2.61. The van der Waals surface area contributed by atoms with Crippen LogP contribution in [-0.4, -0.2) is 36.5 Å². The molecular weight excluding hydrogens is 310 g/mol. The van der Waals surface area contributed by atoms with Crippen molar-refractivity contribution in [2.45, 2.75) is 25.2 Å². The Morgan fingerprint density at radius 3 is 2.26 bits per heavy atom. The van der Waals surface area contributed by atoms with Gasteiger partial charge in [0.05, 0.1) is 7.11 Å². The van der Waals surface area contributed by atoms with E-state index in [-0.39, 0.29) is 18.5 Å². The van der Waals surface area contributed by atoms with Gasteiger partial charge in [-0.2, -0.15) is 0 Å². The highest BCUT2D eigenvalue weighted by Gasteiger charge is 2.21. The third-order valence-corrected chi connectivity index (χ3v) is 3.41. The number of carbonyl (C=O) groups is 2. The lowest BCUT2D eigenvalue weighted by molar-refractivity contribution is -0.141. The van der Waals surface area contributed by atoms with E-state index >= 15 is 0 Å². The third-order valence-electron chi connectivity index (χ3n) is 2.77. The molecule has 0 saturated carbocycles. The molecule has 0 aromatic heterocycles. The molecule has 0 spiro atoms. The van der Waals surface area contributed by atoms with Gasteiger partial charge in [-0.05, 0) is 31.5 Å². The van der Waals surface area contributed by atoms with Gasteiger partial charge in [0.15, 0.2) is 0 Å². The molecule has 0 aliphatic heterocycles. The predicted molar refractivity (Wildman–Crippen MR) is 77.3 cm³/mol. The summed E-state index contributed by atoms with van der Waals surface area (Å²) in [7, 11) is 1.32. The van der Waals surface area contributed by atoms with Crippen molar-refractivity contribution in [2.75, 3.05) is 13.7 Å². The summed E-state index contributed by atoms with van der Waals surface area (Å²) in [5.41, 5.74) is 1.67. The number of rotatable bonds is 5. The number of carbonyl (C=O) groups excluding carboxylic acids is 2. The zero-order valence-corrected chi connectivity index (χ0v) is 12.9. The van der Waals surface area contributed by atoms with Crippen molar-refractivity contribution in [1.82, 2.24) is 4.90 Å². The number of alkyl halides is 1. The van der Waals surface area contributed by atoms with Gasteiger partial charge in [0.1, 0.15) is 6.54 Å². The van der Waals surface area contributed by atoms with Crippen molar-refractivity contribution < 1.29 is 14.3 Å². The van der Waals surface area contributed by atoms with Crippen molar-refractivity contribution in [3.8, 4) is 0 Å². The van der Waals surface area contributed by atoms with Gasteiger partial charge in [0.2, 0.25) is 0 Å². The van der Waals surface area contributed by atoms with Crippen LogP contribution >= 0.6 is 15.9 Å². The first-order valence-corrected chi connectivity index (χ1v) is 7.14. The summed E-state index contributed by atoms with van der Waals surface area (Å²) >= 11 is 3.36. The summed E-state index contributed by atoms with van der Waals surface area (Å²) < 4.78 is 4.61. The molecule has 1 rings (SSSR count). The molecule has 0 saturated heterocycles. The number of esters is 1. The molecule has 0 bridgehead atoms. The van der Waals surface area contributed by atoms with E-state index in [4.69, 9.17) is 0 Å². The van der Waals surface area contributed by atoms with E-state index in [1.54, 1.807) is 12.1 Å². The van der Waals surface area contributed by atoms with E-state index in [0.29, 0.717) is 5.56 Å². The van der Waals surface area contributed by atoms with Crippen LogP contribution in [0.5, 0.6) is 0 Å². The van der Waals surface area contributed by atoms with E-state index in [1.165, 1.54) is 12.0 Å². The van der Waals surface area contributed by atoms with Crippen LogP contribution in [0.4, 0.5) is 0 Å². The van der Waals surface area contributed by atoms with E-state index in [0.717, 1.165) is 10.9 Å². The van der Waals surface area contributed by atoms with Crippen LogP contribution < -0.4 is 0 Å². The first kappa shape index (κ1) is 15.7.